The van der Waals surface area contributed by atoms with E-state index in [1.54, 1.807) is 6.92 Å². The summed E-state index contributed by atoms with van der Waals surface area (Å²) in [5.74, 6) is 0.440. The largest absolute Gasteiger partial charge is 0.393 e. The fourth-order valence-electron chi connectivity index (χ4n) is 1.76. The lowest BCUT2D eigenvalue weighted by molar-refractivity contribution is 0.00683. The third-order valence-corrected chi connectivity index (χ3v) is 2.96. The Morgan fingerprint density at radius 3 is 2.79 bits per heavy atom. The van der Waals surface area contributed by atoms with Gasteiger partial charge in [-0.05, 0) is 6.92 Å². The van der Waals surface area contributed by atoms with Crippen molar-refractivity contribution in [3.05, 3.63) is 22.5 Å². The van der Waals surface area contributed by atoms with E-state index in [2.05, 4.69) is 15.0 Å². The van der Waals surface area contributed by atoms with Gasteiger partial charge in [0.1, 0.15) is 5.82 Å². The Balaban J connectivity index is 2.29. The summed E-state index contributed by atoms with van der Waals surface area (Å²) >= 11 is 0. The number of alkyl halides is 1. The van der Waals surface area contributed by atoms with Gasteiger partial charge in [0.15, 0.2) is 16.8 Å². The topological polar surface area (TPSA) is 104 Å². The van der Waals surface area contributed by atoms with Crippen LogP contribution in [0.5, 0.6) is 0 Å². The van der Waals surface area contributed by atoms with Gasteiger partial charge in [0.25, 0.3) is 5.56 Å². The number of fused-ring (bicyclic) bond motifs is 1. The minimum Gasteiger partial charge on any atom is -0.393 e. The lowest BCUT2D eigenvalue weighted by Gasteiger charge is -2.20. The zero-order valence-corrected chi connectivity index (χ0v) is 10.4. The average Bonchev–Trinajstić information content (AvgIpc) is 2.79. The normalized spacial score (nSPS) is 12.2. The fraction of sp³-hybridized carbons (Fsp3) is 0.545. The van der Waals surface area contributed by atoms with Crippen LogP contribution in [0.25, 0.3) is 11.2 Å². The first-order chi connectivity index (χ1) is 8.99. The number of hydrogen-bond donors (Lipinski definition) is 3. The standard InChI is InChI=1S/C11H15FN4O3/c1-7-14-9-8(10(19)15-7)13-6-16(9)3-2-11(12,4-17)5-18/h6,17-18H,2-5H2,1H3,(H,14,15,19). The number of nitrogens with one attached hydrogen (secondary N) is 1. The number of aromatic nitrogens is 4. The Hall–Kier alpha value is -1.80. The van der Waals surface area contributed by atoms with Crippen LogP contribution in [0.1, 0.15) is 12.2 Å². The zero-order valence-electron chi connectivity index (χ0n) is 10.4. The van der Waals surface area contributed by atoms with Gasteiger partial charge in [0, 0.05) is 13.0 Å². The number of rotatable bonds is 5. The van der Waals surface area contributed by atoms with Crippen LogP contribution in [0.2, 0.25) is 0 Å². The summed E-state index contributed by atoms with van der Waals surface area (Å²) in [5.41, 5.74) is -1.85. The smallest absolute Gasteiger partial charge is 0.279 e. The molecule has 0 atom stereocenters. The molecule has 0 spiro atoms. The molecule has 0 aliphatic rings. The summed E-state index contributed by atoms with van der Waals surface area (Å²) in [6.45, 7) is 0.273. The van der Waals surface area contributed by atoms with Crippen LogP contribution >= 0.6 is 0 Å². The van der Waals surface area contributed by atoms with E-state index in [9.17, 15) is 9.18 Å². The molecule has 19 heavy (non-hydrogen) atoms. The third kappa shape index (κ3) is 2.64. The van der Waals surface area contributed by atoms with Crippen LogP contribution in [0.3, 0.4) is 0 Å². The van der Waals surface area contributed by atoms with Crippen molar-refractivity contribution in [3.8, 4) is 0 Å². The molecule has 2 heterocycles. The molecule has 2 aromatic heterocycles. The maximum atomic E-state index is 13.8. The number of aliphatic hydroxyl groups is 2. The van der Waals surface area contributed by atoms with Gasteiger partial charge in [-0.25, -0.2) is 14.4 Å². The second-order valence-electron chi connectivity index (χ2n) is 4.48. The molecule has 7 nitrogen and oxygen atoms in total. The molecule has 0 amide bonds. The molecule has 0 bridgehead atoms. The summed E-state index contributed by atoms with van der Waals surface area (Å²) < 4.78 is 15.3. The molecular weight excluding hydrogens is 255 g/mol. The van der Waals surface area contributed by atoms with E-state index < -0.39 is 18.9 Å². The van der Waals surface area contributed by atoms with E-state index in [0.29, 0.717) is 11.5 Å². The first kappa shape index (κ1) is 13.6. The average molecular weight is 270 g/mol. The molecule has 104 valence electrons. The Kier molecular flexibility index (Phi) is 3.63. The molecule has 3 N–H and O–H groups in total. The van der Waals surface area contributed by atoms with Gasteiger partial charge in [-0.3, -0.25) is 4.79 Å². The second kappa shape index (κ2) is 5.06. The summed E-state index contributed by atoms with van der Waals surface area (Å²) in [6, 6.07) is 0. The molecule has 0 unspecified atom stereocenters. The molecule has 0 radical (unpaired) electrons. The van der Waals surface area contributed by atoms with Crippen molar-refractivity contribution < 1.29 is 14.6 Å². The van der Waals surface area contributed by atoms with Crippen molar-refractivity contribution in [2.45, 2.75) is 25.6 Å². The zero-order chi connectivity index (χ0) is 14.0. The summed E-state index contributed by atoms with van der Waals surface area (Å²) in [6.07, 6.45) is 1.29. The molecule has 0 fully saturated rings. The SMILES string of the molecule is Cc1nc2c(ncn2CCC(F)(CO)CO)c(=O)[nH]1. The molecule has 0 aliphatic carbocycles. The van der Waals surface area contributed by atoms with Crippen molar-refractivity contribution in [3.63, 3.8) is 0 Å². The maximum absolute atomic E-state index is 13.8. The summed E-state index contributed by atoms with van der Waals surface area (Å²) in [5, 5.41) is 17.8. The van der Waals surface area contributed by atoms with E-state index in [0.717, 1.165) is 0 Å². The Bertz CT molecular complexity index is 632. The highest BCUT2D eigenvalue weighted by Crippen LogP contribution is 2.17. The Morgan fingerprint density at radius 1 is 1.47 bits per heavy atom. The number of aryl methyl sites for hydroxylation is 2. The Labute approximate surface area is 107 Å². The van der Waals surface area contributed by atoms with Crippen LogP contribution in [-0.2, 0) is 6.54 Å². The maximum Gasteiger partial charge on any atom is 0.279 e. The van der Waals surface area contributed by atoms with Gasteiger partial charge in [-0.15, -0.1) is 0 Å². The number of nitrogens with zero attached hydrogens (tertiary/aromatic N) is 3. The van der Waals surface area contributed by atoms with Crippen molar-refractivity contribution in [1.29, 1.82) is 0 Å². The highest BCUT2D eigenvalue weighted by atomic mass is 19.1. The predicted octanol–water partition coefficient (Wildman–Crippen LogP) is -0.489. The van der Waals surface area contributed by atoms with Gasteiger partial charge in [-0.2, -0.15) is 0 Å². The molecule has 2 aromatic rings. The lowest BCUT2D eigenvalue weighted by atomic mass is 10.0. The van der Waals surface area contributed by atoms with Crippen molar-refractivity contribution in [2.24, 2.45) is 0 Å². The van der Waals surface area contributed by atoms with Crippen LogP contribution < -0.4 is 5.56 Å². The van der Waals surface area contributed by atoms with E-state index in [4.69, 9.17) is 10.2 Å². The number of imidazole rings is 1. The second-order valence-corrected chi connectivity index (χ2v) is 4.48. The molecule has 0 saturated carbocycles. The van der Waals surface area contributed by atoms with Crippen LogP contribution in [0.15, 0.2) is 11.1 Å². The molecule has 8 heteroatoms. The third-order valence-electron chi connectivity index (χ3n) is 2.96. The molecule has 0 aromatic carbocycles. The monoisotopic (exact) mass is 270 g/mol. The number of aromatic amines is 1. The minimum atomic E-state index is -2.05. The lowest BCUT2D eigenvalue weighted by Crippen LogP contribution is -2.33. The van der Waals surface area contributed by atoms with E-state index in [-0.39, 0.29) is 24.0 Å². The van der Waals surface area contributed by atoms with Crippen molar-refractivity contribution in [1.82, 2.24) is 19.5 Å². The first-order valence-electron chi connectivity index (χ1n) is 5.81. The predicted molar refractivity (Wildman–Crippen MR) is 65.5 cm³/mol. The van der Waals surface area contributed by atoms with E-state index >= 15 is 0 Å². The highest BCUT2D eigenvalue weighted by Gasteiger charge is 2.28. The van der Waals surface area contributed by atoms with E-state index in [1.165, 1.54) is 10.9 Å². The van der Waals surface area contributed by atoms with Gasteiger partial charge in [0.2, 0.25) is 0 Å². The summed E-state index contributed by atoms with van der Waals surface area (Å²) in [7, 11) is 0. The Morgan fingerprint density at radius 2 is 2.16 bits per heavy atom. The van der Waals surface area contributed by atoms with Crippen LogP contribution in [0, 0.1) is 6.92 Å². The molecule has 0 saturated heterocycles. The van der Waals surface area contributed by atoms with Crippen LogP contribution in [0.4, 0.5) is 4.39 Å². The number of hydrogen-bond acceptors (Lipinski definition) is 5. The highest BCUT2D eigenvalue weighted by molar-refractivity contribution is 5.69. The number of halogens is 1. The first-order valence-corrected chi connectivity index (χ1v) is 5.81. The van der Waals surface area contributed by atoms with Crippen LogP contribution in [-0.4, -0.2) is 48.6 Å². The van der Waals surface area contributed by atoms with Crippen molar-refractivity contribution >= 4 is 11.2 Å². The molecule has 0 aliphatic heterocycles. The van der Waals surface area contributed by atoms with Gasteiger partial charge in [0.05, 0.1) is 19.5 Å². The van der Waals surface area contributed by atoms with Crippen molar-refractivity contribution in [2.75, 3.05) is 13.2 Å². The number of aliphatic hydroxyl groups excluding tert-OH is 2. The van der Waals surface area contributed by atoms with Gasteiger partial charge in [-0.1, -0.05) is 0 Å². The minimum absolute atomic E-state index is 0.0982. The number of H-pyrrole nitrogens is 1. The van der Waals surface area contributed by atoms with E-state index in [1.807, 2.05) is 0 Å². The molecule has 2 rings (SSSR count). The van der Waals surface area contributed by atoms with Gasteiger partial charge >= 0.3 is 0 Å². The molecular formula is C11H15FN4O3. The fourth-order valence-corrected chi connectivity index (χ4v) is 1.76. The summed E-state index contributed by atoms with van der Waals surface area (Å²) in [4.78, 5) is 22.2. The van der Waals surface area contributed by atoms with Gasteiger partial charge < -0.3 is 19.8 Å². The quantitative estimate of drug-likeness (QED) is 0.680.